The van der Waals surface area contributed by atoms with Crippen LogP contribution in [-0.2, 0) is 15.5 Å². The molecular formula is C19H20BF3O3. The van der Waals surface area contributed by atoms with Gasteiger partial charge in [-0.1, -0.05) is 18.2 Å². The highest BCUT2D eigenvalue weighted by Gasteiger charge is 2.51. The molecule has 1 aliphatic heterocycles. The normalized spacial score (nSPS) is 18.8. The van der Waals surface area contributed by atoms with Crippen molar-refractivity contribution in [2.24, 2.45) is 0 Å². The smallest absolute Gasteiger partial charge is 0.457 e. The van der Waals surface area contributed by atoms with Crippen LogP contribution in [0, 0.1) is 0 Å². The predicted octanol–water partition coefficient (Wildman–Crippen LogP) is 4.80. The molecule has 0 N–H and O–H groups in total. The second-order valence-electron chi connectivity index (χ2n) is 7.28. The summed E-state index contributed by atoms with van der Waals surface area (Å²) in [6.07, 6.45) is -4.40. The monoisotopic (exact) mass is 364 g/mol. The number of benzene rings is 2. The molecule has 0 radical (unpaired) electrons. The van der Waals surface area contributed by atoms with Gasteiger partial charge in [-0.25, -0.2) is 0 Å². The van der Waals surface area contributed by atoms with Crippen molar-refractivity contribution >= 4 is 12.6 Å². The van der Waals surface area contributed by atoms with E-state index >= 15 is 0 Å². The zero-order valence-corrected chi connectivity index (χ0v) is 15.1. The molecule has 7 heteroatoms. The highest BCUT2D eigenvalue weighted by atomic mass is 19.4. The van der Waals surface area contributed by atoms with E-state index < -0.39 is 30.1 Å². The van der Waals surface area contributed by atoms with Gasteiger partial charge in [-0.2, -0.15) is 13.2 Å². The third kappa shape index (κ3) is 3.74. The lowest BCUT2D eigenvalue weighted by atomic mass is 9.79. The van der Waals surface area contributed by atoms with Crippen LogP contribution in [-0.4, -0.2) is 18.3 Å². The van der Waals surface area contributed by atoms with Crippen LogP contribution < -0.4 is 10.2 Å². The molecule has 0 bridgehead atoms. The third-order valence-electron chi connectivity index (χ3n) is 4.80. The van der Waals surface area contributed by atoms with Crippen molar-refractivity contribution in [3.8, 4) is 11.5 Å². The summed E-state index contributed by atoms with van der Waals surface area (Å²) in [5.41, 5.74) is -0.806. The Hall–Kier alpha value is -1.99. The molecule has 0 aliphatic carbocycles. The Kier molecular flexibility index (Phi) is 4.57. The average molecular weight is 364 g/mol. The van der Waals surface area contributed by atoms with Gasteiger partial charge in [-0.15, -0.1) is 0 Å². The molecule has 3 rings (SSSR count). The molecule has 0 spiro atoms. The summed E-state index contributed by atoms with van der Waals surface area (Å²) < 4.78 is 55.8. The van der Waals surface area contributed by atoms with Gasteiger partial charge < -0.3 is 14.0 Å². The van der Waals surface area contributed by atoms with Crippen molar-refractivity contribution < 1.29 is 27.2 Å². The fourth-order valence-corrected chi connectivity index (χ4v) is 2.54. The molecule has 26 heavy (non-hydrogen) atoms. The molecule has 138 valence electrons. The molecule has 0 atom stereocenters. The summed E-state index contributed by atoms with van der Waals surface area (Å²) >= 11 is 0. The van der Waals surface area contributed by atoms with Gasteiger partial charge in [-0.05, 0) is 63.5 Å². The van der Waals surface area contributed by atoms with E-state index in [2.05, 4.69) is 0 Å². The number of hydrogen-bond donors (Lipinski definition) is 0. The van der Waals surface area contributed by atoms with Crippen LogP contribution in [0.4, 0.5) is 13.2 Å². The molecule has 0 unspecified atom stereocenters. The van der Waals surface area contributed by atoms with Gasteiger partial charge in [0, 0.05) is 0 Å². The fraction of sp³-hybridized carbons (Fsp3) is 0.368. The first-order chi connectivity index (χ1) is 12.0. The second-order valence-corrected chi connectivity index (χ2v) is 7.28. The van der Waals surface area contributed by atoms with Crippen molar-refractivity contribution in [2.45, 2.75) is 45.1 Å². The van der Waals surface area contributed by atoms with E-state index in [1.54, 1.807) is 24.3 Å². The number of hydrogen-bond acceptors (Lipinski definition) is 3. The summed E-state index contributed by atoms with van der Waals surface area (Å²) in [5.74, 6) is 0.563. The van der Waals surface area contributed by atoms with Gasteiger partial charge >= 0.3 is 13.3 Å². The molecule has 3 nitrogen and oxygen atoms in total. The number of ether oxygens (including phenoxy) is 1. The molecule has 2 aromatic carbocycles. The minimum Gasteiger partial charge on any atom is -0.457 e. The van der Waals surface area contributed by atoms with Crippen molar-refractivity contribution in [1.82, 2.24) is 0 Å². The molecule has 2 aromatic rings. The van der Waals surface area contributed by atoms with E-state index in [1.165, 1.54) is 12.1 Å². The second kappa shape index (κ2) is 6.32. The summed E-state index contributed by atoms with van der Waals surface area (Å²) in [7, 11) is -0.498. The van der Waals surface area contributed by atoms with Crippen LogP contribution in [0.15, 0.2) is 48.5 Å². The zero-order chi connectivity index (χ0) is 19.2. The topological polar surface area (TPSA) is 27.7 Å². The first kappa shape index (κ1) is 18.8. The van der Waals surface area contributed by atoms with Crippen LogP contribution in [0.1, 0.15) is 33.3 Å². The van der Waals surface area contributed by atoms with Crippen LogP contribution in [0.2, 0.25) is 0 Å². The van der Waals surface area contributed by atoms with Gasteiger partial charge in [0.25, 0.3) is 0 Å². The Balaban J connectivity index is 1.73. The van der Waals surface area contributed by atoms with Gasteiger partial charge in [0.2, 0.25) is 0 Å². The van der Waals surface area contributed by atoms with Gasteiger partial charge in [0.05, 0.1) is 16.8 Å². The summed E-state index contributed by atoms with van der Waals surface area (Å²) in [6, 6.07) is 11.7. The van der Waals surface area contributed by atoms with Crippen molar-refractivity contribution in [3.05, 3.63) is 54.1 Å². The van der Waals surface area contributed by atoms with E-state index in [1.807, 2.05) is 27.7 Å². The Morgan fingerprint density at radius 2 is 1.42 bits per heavy atom. The standard InChI is InChI=1S/C19H20BF3O3/c1-17(2)18(3,4)26-20(25-17)14-8-10-15(11-9-14)24-16-7-5-6-13(12-16)19(21,22)23/h5-12H,1-4H3. The molecule has 1 aliphatic rings. The maximum absolute atomic E-state index is 12.8. The van der Waals surface area contributed by atoms with E-state index in [9.17, 15) is 13.2 Å². The summed E-state index contributed by atoms with van der Waals surface area (Å²) in [5, 5.41) is 0. The van der Waals surface area contributed by atoms with Gasteiger partial charge in [0.15, 0.2) is 0 Å². The van der Waals surface area contributed by atoms with Crippen LogP contribution >= 0.6 is 0 Å². The quantitative estimate of drug-likeness (QED) is 0.733. The summed E-state index contributed by atoms with van der Waals surface area (Å²) in [4.78, 5) is 0. The number of rotatable bonds is 3. The number of alkyl halides is 3. The highest BCUT2D eigenvalue weighted by Crippen LogP contribution is 2.37. The first-order valence-corrected chi connectivity index (χ1v) is 8.29. The van der Waals surface area contributed by atoms with E-state index in [0.717, 1.165) is 17.6 Å². The minimum atomic E-state index is -4.40. The molecule has 0 amide bonds. The summed E-state index contributed by atoms with van der Waals surface area (Å²) in [6.45, 7) is 7.88. The maximum atomic E-state index is 12.8. The van der Waals surface area contributed by atoms with Crippen molar-refractivity contribution in [2.75, 3.05) is 0 Å². The Labute approximate surface area is 151 Å². The largest absolute Gasteiger partial charge is 0.494 e. The Bertz CT molecular complexity index is 769. The van der Waals surface area contributed by atoms with Crippen molar-refractivity contribution in [1.29, 1.82) is 0 Å². The molecule has 1 saturated heterocycles. The highest BCUT2D eigenvalue weighted by molar-refractivity contribution is 6.62. The van der Waals surface area contributed by atoms with Gasteiger partial charge in [0.1, 0.15) is 11.5 Å². The van der Waals surface area contributed by atoms with Crippen LogP contribution in [0.5, 0.6) is 11.5 Å². The molecule has 0 saturated carbocycles. The molecule has 1 heterocycles. The molecule has 1 fully saturated rings. The van der Waals surface area contributed by atoms with Crippen LogP contribution in [0.25, 0.3) is 0 Å². The first-order valence-electron chi connectivity index (χ1n) is 8.29. The lowest BCUT2D eigenvalue weighted by Gasteiger charge is -2.32. The fourth-order valence-electron chi connectivity index (χ4n) is 2.54. The van der Waals surface area contributed by atoms with E-state index in [-0.39, 0.29) is 5.75 Å². The lowest BCUT2D eigenvalue weighted by molar-refractivity contribution is -0.137. The predicted molar refractivity (Wildman–Crippen MR) is 93.7 cm³/mol. The van der Waals surface area contributed by atoms with E-state index in [4.69, 9.17) is 14.0 Å². The third-order valence-corrected chi connectivity index (χ3v) is 4.80. The Morgan fingerprint density at radius 1 is 0.846 bits per heavy atom. The average Bonchev–Trinajstić information content (AvgIpc) is 2.75. The van der Waals surface area contributed by atoms with Gasteiger partial charge in [-0.3, -0.25) is 0 Å². The van der Waals surface area contributed by atoms with Crippen molar-refractivity contribution in [3.63, 3.8) is 0 Å². The number of halogens is 3. The Morgan fingerprint density at radius 3 is 1.96 bits per heavy atom. The minimum absolute atomic E-state index is 0.128. The molecule has 0 aromatic heterocycles. The SMILES string of the molecule is CC1(C)OB(c2ccc(Oc3cccc(C(F)(F)F)c3)cc2)OC1(C)C. The van der Waals surface area contributed by atoms with Crippen LogP contribution in [0.3, 0.4) is 0 Å². The molecular weight excluding hydrogens is 344 g/mol. The van der Waals surface area contributed by atoms with E-state index in [0.29, 0.717) is 5.75 Å². The zero-order valence-electron chi connectivity index (χ0n) is 15.1. The maximum Gasteiger partial charge on any atom is 0.494 e. The lowest BCUT2D eigenvalue weighted by Crippen LogP contribution is -2.41.